The molecule has 0 spiro atoms. The van der Waals surface area contributed by atoms with E-state index in [4.69, 9.17) is 10.2 Å². The van der Waals surface area contributed by atoms with Crippen LogP contribution in [0.15, 0.2) is 30.3 Å². The van der Waals surface area contributed by atoms with Crippen LogP contribution >= 0.6 is 0 Å². The maximum Gasteiger partial charge on any atom is 0.229 e. The van der Waals surface area contributed by atoms with Crippen molar-refractivity contribution in [2.24, 2.45) is 0 Å². The monoisotopic (exact) mass is 378 g/mol. The van der Waals surface area contributed by atoms with Gasteiger partial charge in [0.25, 0.3) is 0 Å². The van der Waals surface area contributed by atoms with Crippen LogP contribution < -0.4 is 15.5 Å². The summed E-state index contributed by atoms with van der Waals surface area (Å²) in [6.45, 7) is 7.43. The molecule has 1 fully saturated rings. The van der Waals surface area contributed by atoms with Crippen molar-refractivity contribution in [3.63, 3.8) is 0 Å². The first-order valence-electron chi connectivity index (χ1n) is 10.3. The number of nitrogens with zero attached hydrogens (tertiary/aromatic N) is 4. The minimum absolute atomic E-state index is 0.516. The van der Waals surface area contributed by atoms with Gasteiger partial charge >= 0.3 is 0 Å². The Hall–Kier alpha value is -2.65. The number of piperidine rings is 1. The standard InChI is InChI=1S/C22H30N6/c1-3-7-18-14-21(28-12-6-10-20(16-28)24-11-4-2)27-22(25-18)26-19-9-5-8-17(13-19)15-23/h5,8-9,13-14,20,24H,3-4,6-7,10-12,16H2,1-2H3,(H,25,26,27). The number of hydrogen-bond donors (Lipinski definition) is 2. The third-order valence-corrected chi connectivity index (χ3v) is 4.95. The van der Waals surface area contributed by atoms with Gasteiger partial charge in [0.05, 0.1) is 11.6 Å². The molecule has 6 nitrogen and oxygen atoms in total. The molecule has 1 aromatic heterocycles. The van der Waals surface area contributed by atoms with Crippen LogP contribution in [0.25, 0.3) is 0 Å². The molecular weight excluding hydrogens is 348 g/mol. The molecule has 28 heavy (non-hydrogen) atoms. The van der Waals surface area contributed by atoms with Gasteiger partial charge < -0.3 is 15.5 Å². The van der Waals surface area contributed by atoms with Gasteiger partial charge in [-0.1, -0.05) is 26.3 Å². The zero-order chi connectivity index (χ0) is 19.8. The van der Waals surface area contributed by atoms with E-state index in [1.165, 1.54) is 12.8 Å². The first kappa shape index (κ1) is 20.1. The highest BCUT2D eigenvalue weighted by Gasteiger charge is 2.21. The molecule has 3 rings (SSSR count). The van der Waals surface area contributed by atoms with Gasteiger partial charge in [-0.2, -0.15) is 10.2 Å². The average Bonchev–Trinajstić information content (AvgIpc) is 2.72. The summed E-state index contributed by atoms with van der Waals surface area (Å²) in [6.07, 6.45) is 5.51. The van der Waals surface area contributed by atoms with Gasteiger partial charge in [0.1, 0.15) is 5.82 Å². The van der Waals surface area contributed by atoms with E-state index in [9.17, 15) is 0 Å². The van der Waals surface area contributed by atoms with Crippen LogP contribution in [-0.4, -0.2) is 35.6 Å². The van der Waals surface area contributed by atoms with Gasteiger partial charge in [-0.15, -0.1) is 0 Å². The number of anilines is 3. The zero-order valence-corrected chi connectivity index (χ0v) is 16.9. The summed E-state index contributed by atoms with van der Waals surface area (Å²) in [5.74, 6) is 1.58. The number of hydrogen-bond acceptors (Lipinski definition) is 6. The Morgan fingerprint density at radius 1 is 1.21 bits per heavy atom. The summed E-state index contributed by atoms with van der Waals surface area (Å²) in [4.78, 5) is 11.9. The summed E-state index contributed by atoms with van der Waals surface area (Å²) in [6, 6.07) is 12.2. The van der Waals surface area contributed by atoms with Crippen molar-refractivity contribution in [1.29, 1.82) is 5.26 Å². The van der Waals surface area contributed by atoms with E-state index in [0.717, 1.165) is 56.1 Å². The third kappa shape index (κ3) is 5.43. The Labute approximate surface area is 168 Å². The predicted octanol–water partition coefficient (Wildman–Crippen LogP) is 4.01. The van der Waals surface area contributed by atoms with Gasteiger partial charge in [0, 0.05) is 36.6 Å². The molecule has 1 saturated heterocycles. The van der Waals surface area contributed by atoms with E-state index in [0.29, 0.717) is 17.6 Å². The quantitative estimate of drug-likeness (QED) is 0.723. The number of aromatic nitrogens is 2. The van der Waals surface area contributed by atoms with E-state index >= 15 is 0 Å². The lowest BCUT2D eigenvalue weighted by molar-refractivity contribution is 0.421. The Bertz CT molecular complexity index is 813. The van der Waals surface area contributed by atoms with E-state index in [2.05, 4.69) is 46.5 Å². The minimum Gasteiger partial charge on any atom is -0.355 e. The highest BCUT2D eigenvalue weighted by atomic mass is 15.2. The van der Waals surface area contributed by atoms with Crippen LogP contribution in [0.5, 0.6) is 0 Å². The summed E-state index contributed by atoms with van der Waals surface area (Å²) < 4.78 is 0. The highest BCUT2D eigenvalue weighted by molar-refractivity contribution is 5.58. The molecule has 2 heterocycles. The van der Waals surface area contributed by atoms with Crippen molar-refractivity contribution in [2.45, 2.75) is 52.0 Å². The number of benzene rings is 1. The lowest BCUT2D eigenvalue weighted by Gasteiger charge is -2.34. The molecule has 1 aliphatic heterocycles. The Balaban J connectivity index is 1.81. The molecule has 0 saturated carbocycles. The molecule has 1 atom stereocenters. The van der Waals surface area contributed by atoms with E-state index in [1.807, 2.05) is 18.2 Å². The van der Waals surface area contributed by atoms with E-state index in [-0.39, 0.29) is 0 Å². The van der Waals surface area contributed by atoms with Crippen molar-refractivity contribution in [3.8, 4) is 6.07 Å². The fourth-order valence-corrected chi connectivity index (χ4v) is 3.58. The number of rotatable bonds is 8. The van der Waals surface area contributed by atoms with Crippen LogP contribution in [0.1, 0.15) is 50.8 Å². The fourth-order valence-electron chi connectivity index (χ4n) is 3.58. The summed E-state index contributed by atoms with van der Waals surface area (Å²) in [5, 5.41) is 16.1. The predicted molar refractivity (Wildman–Crippen MR) is 114 cm³/mol. The van der Waals surface area contributed by atoms with Crippen molar-refractivity contribution in [2.75, 3.05) is 29.9 Å². The van der Waals surface area contributed by atoms with Crippen molar-refractivity contribution < 1.29 is 0 Å². The average molecular weight is 379 g/mol. The van der Waals surface area contributed by atoms with Crippen molar-refractivity contribution in [3.05, 3.63) is 41.6 Å². The zero-order valence-electron chi connectivity index (χ0n) is 16.9. The number of nitrogens with one attached hydrogen (secondary N) is 2. The largest absolute Gasteiger partial charge is 0.355 e. The van der Waals surface area contributed by atoms with Gasteiger partial charge in [-0.3, -0.25) is 0 Å². The molecule has 0 radical (unpaired) electrons. The second kappa shape index (κ2) is 10.0. The van der Waals surface area contributed by atoms with Crippen LogP contribution in [0.2, 0.25) is 0 Å². The molecular formula is C22H30N6. The summed E-state index contributed by atoms with van der Waals surface area (Å²) in [5.41, 5.74) is 2.51. The Morgan fingerprint density at radius 3 is 2.89 bits per heavy atom. The van der Waals surface area contributed by atoms with Gasteiger partial charge in [0.15, 0.2) is 0 Å². The second-order valence-electron chi connectivity index (χ2n) is 7.35. The lowest BCUT2D eigenvalue weighted by atomic mass is 10.1. The first-order valence-corrected chi connectivity index (χ1v) is 10.3. The maximum absolute atomic E-state index is 9.12. The van der Waals surface area contributed by atoms with Crippen molar-refractivity contribution in [1.82, 2.24) is 15.3 Å². The highest BCUT2D eigenvalue weighted by Crippen LogP contribution is 2.23. The van der Waals surface area contributed by atoms with Gasteiger partial charge in [0.2, 0.25) is 5.95 Å². The van der Waals surface area contributed by atoms with E-state index < -0.39 is 0 Å². The van der Waals surface area contributed by atoms with Crippen LogP contribution in [0, 0.1) is 11.3 Å². The fraction of sp³-hybridized carbons (Fsp3) is 0.500. The molecule has 2 N–H and O–H groups in total. The SMILES string of the molecule is CCCNC1CCCN(c2cc(CCC)nc(Nc3cccc(C#N)c3)n2)C1. The lowest BCUT2D eigenvalue weighted by Crippen LogP contribution is -2.46. The second-order valence-corrected chi connectivity index (χ2v) is 7.35. The summed E-state index contributed by atoms with van der Waals surface area (Å²) in [7, 11) is 0. The van der Waals surface area contributed by atoms with Crippen LogP contribution in [0.3, 0.4) is 0 Å². The van der Waals surface area contributed by atoms with Gasteiger partial charge in [-0.05, 0) is 50.4 Å². The minimum atomic E-state index is 0.516. The van der Waals surface area contributed by atoms with Crippen LogP contribution in [0.4, 0.5) is 17.5 Å². The molecule has 6 heteroatoms. The molecule has 0 amide bonds. The smallest absolute Gasteiger partial charge is 0.229 e. The number of aryl methyl sites for hydroxylation is 1. The topological polar surface area (TPSA) is 76.9 Å². The van der Waals surface area contributed by atoms with Gasteiger partial charge in [-0.25, -0.2) is 4.98 Å². The third-order valence-electron chi connectivity index (χ3n) is 4.95. The maximum atomic E-state index is 9.12. The molecule has 1 unspecified atom stereocenters. The molecule has 148 valence electrons. The Morgan fingerprint density at radius 2 is 2.11 bits per heavy atom. The molecule has 1 aromatic carbocycles. The molecule has 1 aliphatic rings. The normalized spacial score (nSPS) is 16.6. The van der Waals surface area contributed by atoms with Crippen LogP contribution in [-0.2, 0) is 6.42 Å². The number of nitriles is 1. The molecule has 0 aliphatic carbocycles. The Kier molecular flexibility index (Phi) is 7.21. The van der Waals surface area contributed by atoms with E-state index in [1.54, 1.807) is 6.07 Å². The molecule has 2 aromatic rings. The summed E-state index contributed by atoms with van der Waals surface area (Å²) >= 11 is 0. The van der Waals surface area contributed by atoms with Crippen molar-refractivity contribution >= 4 is 17.5 Å². The first-order chi connectivity index (χ1) is 13.7. The molecule has 0 bridgehead atoms.